The van der Waals surface area contributed by atoms with E-state index in [-0.39, 0.29) is 18.1 Å². The molecule has 1 aromatic rings. The van der Waals surface area contributed by atoms with Gasteiger partial charge in [-0.2, -0.15) is 0 Å². The van der Waals surface area contributed by atoms with E-state index in [1.807, 2.05) is 32.0 Å². The van der Waals surface area contributed by atoms with Crippen LogP contribution in [0, 0.1) is 13.8 Å². The molecule has 4 nitrogen and oxygen atoms in total. The van der Waals surface area contributed by atoms with Crippen LogP contribution in [0.1, 0.15) is 17.5 Å². The lowest BCUT2D eigenvalue weighted by Crippen LogP contribution is -2.35. The average Bonchev–Trinajstić information content (AvgIpc) is 2.83. The molecule has 1 saturated heterocycles. The lowest BCUT2D eigenvalue weighted by atomic mass is 10.1. The van der Waals surface area contributed by atoms with Gasteiger partial charge in [0, 0.05) is 19.3 Å². The van der Waals surface area contributed by atoms with Gasteiger partial charge in [-0.05, 0) is 37.5 Å². The summed E-state index contributed by atoms with van der Waals surface area (Å²) in [6.45, 7) is 4.80. The zero-order valence-corrected chi connectivity index (χ0v) is 11.1. The van der Waals surface area contributed by atoms with Crippen molar-refractivity contribution in [2.75, 3.05) is 19.0 Å². The summed E-state index contributed by atoms with van der Waals surface area (Å²) in [6.07, 6.45) is 0.868. The fourth-order valence-electron chi connectivity index (χ4n) is 2.19. The molecule has 1 heterocycles. The first-order valence-corrected chi connectivity index (χ1v) is 6.25. The number of carbonyl (C=O) groups is 1. The van der Waals surface area contributed by atoms with E-state index in [2.05, 4.69) is 10.6 Å². The molecule has 1 aliphatic heterocycles. The molecule has 0 radical (unpaired) electrons. The summed E-state index contributed by atoms with van der Waals surface area (Å²) in [4.78, 5) is 12.1. The van der Waals surface area contributed by atoms with Crippen LogP contribution >= 0.6 is 0 Å². The Labute approximate surface area is 108 Å². The summed E-state index contributed by atoms with van der Waals surface area (Å²) in [5.74, 6) is 0.0169. The number of amides is 1. The second-order valence-electron chi connectivity index (χ2n) is 4.79. The quantitative estimate of drug-likeness (QED) is 0.854. The van der Waals surface area contributed by atoms with Crippen molar-refractivity contribution in [2.24, 2.45) is 0 Å². The maximum Gasteiger partial charge on any atom is 0.241 e. The van der Waals surface area contributed by atoms with Crippen molar-refractivity contribution < 1.29 is 9.53 Å². The topological polar surface area (TPSA) is 50.4 Å². The molecule has 2 unspecified atom stereocenters. The number of anilines is 1. The van der Waals surface area contributed by atoms with Gasteiger partial charge in [0.25, 0.3) is 0 Å². The van der Waals surface area contributed by atoms with Gasteiger partial charge >= 0.3 is 0 Å². The van der Waals surface area contributed by atoms with Crippen LogP contribution in [0.2, 0.25) is 0 Å². The summed E-state index contributed by atoms with van der Waals surface area (Å²) >= 11 is 0. The molecule has 98 valence electrons. The van der Waals surface area contributed by atoms with E-state index in [0.29, 0.717) is 0 Å². The monoisotopic (exact) mass is 248 g/mol. The van der Waals surface area contributed by atoms with Gasteiger partial charge in [0.05, 0.1) is 12.1 Å². The lowest BCUT2D eigenvalue weighted by molar-refractivity contribution is -0.118. The number of nitrogens with one attached hydrogen (secondary N) is 2. The molecular formula is C14H20N2O2. The van der Waals surface area contributed by atoms with E-state index in [0.717, 1.165) is 24.2 Å². The molecular weight excluding hydrogens is 228 g/mol. The van der Waals surface area contributed by atoms with Crippen molar-refractivity contribution in [1.29, 1.82) is 0 Å². The Morgan fingerprint density at radius 1 is 1.44 bits per heavy atom. The van der Waals surface area contributed by atoms with Crippen LogP contribution in [0.4, 0.5) is 5.69 Å². The highest BCUT2D eigenvalue weighted by molar-refractivity contribution is 5.95. The van der Waals surface area contributed by atoms with Crippen LogP contribution in [-0.4, -0.2) is 31.7 Å². The first-order chi connectivity index (χ1) is 8.61. The molecule has 1 amide bonds. The smallest absolute Gasteiger partial charge is 0.241 e. The first-order valence-electron chi connectivity index (χ1n) is 6.25. The zero-order valence-electron chi connectivity index (χ0n) is 11.1. The second kappa shape index (κ2) is 5.50. The fourth-order valence-corrected chi connectivity index (χ4v) is 2.19. The number of carbonyl (C=O) groups excluding carboxylic acids is 1. The van der Waals surface area contributed by atoms with Crippen LogP contribution in [0.5, 0.6) is 0 Å². The van der Waals surface area contributed by atoms with Gasteiger partial charge in [-0.15, -0.1) is 0 Å². The van der Waals surface area contributed by atoms with Crippen LogP contribution in [0.15, 0.2) is 18.2 Å². The number of aryl methyl sites for hydroxylation is 1. The Balaban J connectivity index is 2.01. The van der Waals surface area contributed by atoms with Crippen molar-refractivity contribution in [2.45, 2.75) is 32.4 Å². The summed E-state index contributed by atoms with van der Waals surface area (Å²) in [7, 11) is 1.68. The van der Waals surface area contributed by atoms with E-state index < -0.39 is 0 Å². The molecule has 0 bridgehead atoms. The zero-order chi connectivity index (χ0) is 13.1. The Morgan fingerprint density at radius 2 is 2.22 bits per heavy atom. The van der Waals surface area contributed by atoms with Gasteiger partial charge in [0.15, 0.2) is 0 Å². The fraction of sp³-hybridized carbons (Fsp3) is 0.500. The number of hydrogen-bond acceptors (Lipinski definition) is 3. The van der Waals surface area contributed by atoms with Crippen molar-refractivity contribution in [3.8, 4) is 0 Å². The molecule has 0 spiro atoms. The number of hydrogen-bond donors (Lipinski definition) is 2. The third-order valence-corrected chi connectivity index (χ3v) is 3.60. The van der Waals surface area contributed by atoms with Gasteiger partial charge < -0.3 is 15.4 Å². The van der Waals surface area contributed by atoms with Crippen molar-refractivity contribution in [1.82, 2.24) is 5.32 Å². The Hall–Kier alpha value is -1.39. The first kappa shape index (κ1) is 13.1. The minimum absolute atomic E-state index is 0.0169. The summed E-state index contributed by atoms with van der Waals surface area (Å²) in [5, 5.41) is 6.16. The molecule has 0 saturated carbocycles. The minimum atomic E-state index is -0.158. The summed E-state index contributed by atoms with van der Waals surface area (Å²) in [5.41, 5.74) is 3.19. The van der Waals surface area contributed by atoms with E-state index in [4.69, 9.17) is 4.74 Å². The highest BCUT2D eigenvalue weighted by atomic mass is 16.5. The summed E-state index contributed by atoms with van der Waals surface area (Å²) < 4.78 is 5.24. The largest absolute Gasteiger partial charge is 0.380 e. The normalized spacial score (nSPS) is 23.1. The SMILES string of the molecule is COC1CNC(C(=O)Nc2cccc(C)c2C)C1. The molecule has 4 heteroatoms. The predicted molar refractivity (Wildman–Crippen MR) is 71.8 cm³/mol. The molecule has 2 N–H and O–H groups in total. The minimum Gasteiger partial charge on any atom is -0.380 e. The predicted octanol–water partition coefficient (Wildman–Crippen LogP) is 1.62. The molecule has 1 aromatic carbocycles. The van der Waals surface area contributed by atoms with Crippen LogP contribution in [0.25, 0.3) is 0 Å². The number of ether oxygens (including phenoxy) is 1. The van der Waals surface area contributed by atoms with Crippen molar-refractivity contribution in [3.63, 3.8) is 0 Å². The summed E-state index contributed by atoms with van der Waals surface area (Å²) in [6, 6.07) is 5.77. The molecule has 0 aromatic heterocycles. The molecule has 1 aliphatic rings. The van der Waals surface area contributed by atoms with Crippen LogP contribution in [0.3, 0.4) is 0 Å². The number of benzene rings is 1. The van der Waals surface area contributed by atoms with E-state index >= 15 is 0 Å². The maximum atomic E-state index is 12.1. The van der Waals surface area contributed by atoms with E-state index in [9.17, 15) is 4.79 Å². The second-order valence-corrected chi connectivity index (χ2v) is 4.79. The van der Waals surface area contributed by atoms with Crippen LogP contribution < -0.4 is 10.6 Å². The Kier molecular flexibility index (Phi) is 3.99. The van der Waals surface area contributed by atoms with Crippen molar-refractivity contribution >= 4 is 11.6 Å². The van der Waals surface area contributed by atoms with Gasteiger partial charge in [0.2, 0.25) is 5.91 Å². The van der Waals surface area contributed by atoms with E-state index in [1.165, 1.54) is 5.56 Å². The Morgan fingerprint density at radius 3 is 2.89 bits per heavy atom. The number of methoxy groups -OCH3 is 1. The average molecular weight is 248 g/mol. The standard InChI is InChI=1S/C14H20N2O2/c1-9-5-4-6-12(10(9)2)16-14(17)13-7-11(18-3)8-15-13/h4-6,11,13,15H,7-8H2,1-3H3,(H,16,17). The molecule has 1 fully saturated rings. The van der Waals surface area contributed by atoms with Crippen molar-refractivity contribution in [3.05, 3.63) is 29.3 Å². The maximum absolute atomic E-state index is 12.1. The molecule has 0 aliphatic carbocycles. The van der Waals surface area contributed by atoms with Gasteiger partial charge in [0.1, 0.15) is 0 Å². The van der Waals surface area contributed by atoms with Gasteiger partial charge in [-0.1, -0.05) is 12.1 Å². The van der Waals surface area contributed by atoms with Crippen LogP contribution in [-0.2, 0) is 9.53 Å². The van der Waals surface area contributed by atoms with Gasteiger partial charge in [-0.25, -0.2) is 0 Å². The lowest BCUT2D eigenvalue weighted by Gasteiger charge is -2.14. The highest BCUT2D eigenvalue weighted by Crippen LogP contribution is 2.19. The molecule has 2 rings (SSSR count). The Bertz CT molecular complexity index is 445. The third kappa shape index (κ3) is 2.71. The molecule has 18 heavy (non-hydrogen) atoms. The third-order valence-electron chi connectivity index (χ3n) is 3.60. The van der Waals surface area contributed by atoms with Gasteiger partial charge in [-0.3, -0.25) is 4.79 Å². The number of rotatable bonds is 3. The highest BCUT2D eigenvalue weighted by Gasteiger charge is 2.29. The molecule has 2 atom stereocenters. The van der Waals surface area contributed by atoms with E-state index in [1.54, 1.807) is 7.11 Å².